The van der Waals surface area contributed by atoms with Crippen LogP contribution in [0, 0.1) is 0 Å². The second-order valence-corrected chi connectivity index (χ2v) is 3.32. The van der Waals surface area contributed by atoms with Gasteiger partial charge >= 0.3 is 0 Å². The molecule has 1 aliphatic rings. The van der Waals surface area contributed by atoms with Crippen LogP contribution in [-0.2, 0) is 9.53 Å². The lowest BCUT2D eigenvalue weighted by molar-refractivity contribution is -0.117. The number of hydrogen-bond acceptors (Lipinski definition) is 3. The molecule has 74 valence electrons. The van der Waals surface area contributed by atoms with E-state index in [0.717, 1.165) is 12.8 Å². The Balaban J connectivity index is 2.25. The van der Waals surface area contributed by atoms with Crippen molar-refractivity contribution >= 4 is 5.78 Å². The summed E-state index contributed by atoms with van der Waals surface area (Å²) < 4.78 is 5.15. The number of carbonyl (C=O) groups is 1. The molecule has 1 unspecified atom stereocenters. The molecule has 1 rings (SSSR count). The zero-order valence-electron chi connectivity index (χ0n) is 8.30. The lowest BCUT2D eigenvalue weighted by Gasteiger charge is -2.10. The fourth-order valence-electron chi connectivity index (χ4n) is 1.11. The van der Waals surface area contributed by atoms with Crippen molar-refractivity contribution in [3.8, 4) is 0 Å². The molecule has 1 aliphatic heterocycles. The molecule has 0 saturated heterocycles. The first-order chi connectivity index (χ1) is 6.24. The van der Waals surface area contributed by atoms with E-state index in [9.17, 15) is 4.79 Å². The third kappa shape index (κ3) is 3.19. The van der Waals surface area contributed by atoms with E-state index in [2.05, 4.69) is 19.2 Å². The highest BCUT2D eigenvalue weighted by Crippen LogP contribution is 2.09. The molecule has 0 radical (unpaired) electrons. The number of rotatable bonds is 5. The van der Waals surface area contributed by atoms with Crippen LogP contribution in [0.2, 0.25) is 0 Å². The Morgan fingerprint density at radius 3 is 3.08 bits per heavy atom. The lowest BCUT2D eigenvalue weighted by Crippen LogP contribution is -2.31. The first kappa shape index (κ1) is 10.3. The van der Waals surface area contributed by atoms with E-state index in [0.29, 0.717) is 25.0 Å². The predicted molar refractivity (Wildman–Crippen MR) is 51.4 cm³/mol. The summed E-state index contributed by atoms with van der Waals surface area (Å²) in [7, 11) is 0. The average Bonchev–Trinajstić information content (AvgIpc) is 2.66. The van der Waals surface area contributed by atoms with Gasteiger partial charge < -0.3 is 10.1 Å². The number of Topliss-reactive ketones (excluding diaryl/α,β-unsaturated/α-hetero) is 1. The quantitative estimate of drug-likeness (QED) is 0.697. The van der Waals surface area contributed by atoms with E-state index in [4.69, 9.17) is 4.74 Å². The largest absolute Gasteiger partial charge is 0.490 e. The molecule has 0 saturated carbocycles. The lowest BCUT2D eigenvalue weighted by atomic mass is 10.2. The van der Waals surface area contributed by atoms with Crippen molar-refractivity contribution < 1.29 is 9.53 Å². The van der Waals surface area contributed by atoms with Gasteiger partial charge in [0.15, 0.2) is 5.76 Å². The van der Waals surface area contributed by atoms with Gasteiger partial charge in [-0.3, -0.25) is 4.79 Å². The number of carbonyl (C=O) groups excluding carboxylic acids is 1. The van der Waals surface area contributed by atoms with Crippen LogP contribution in [0.15, 0.2) is 11.8 Å². The molecule has 0 aromatic rings. The van der Waals surface area contributed by atoms with E-state index >= 15 is 0 Å². The Labute approximate surface area is 79.2 Å². The summed E-state index contributed by atoms with van der Waals surface area (Å²) in [5.41, 5.74) is 0. The number of ketones is 1. The van der Waals surface area contributed by atoms with Gasteiger partial charge in [-0.2, -0.15) is 0 Å². The Hall–Kier alpha value is -0.830. The van der Waals surface area contributed by atoms with Gasteiger partial charge in [-0.15, -0.1) is 0 Å². The predicted octanol–water partition coefficient (Wildman–Crippen LogP) is 1.25. The Morgan fingerprint density at radius 2 is 2.54 bits per heavy atom. The van der Waals surface area contributed by atoms with Crippen LogP contribution in [0.1, 0.15) is 26.7 Å². The summed E-state index contributed by atoms with van der Waals surface area (Å²) in [4.78, 5) is 11.4. The third-order valence-corrected chi connectivity index (χ3v) is 2.20. The summed E-state index contributed by atoms with van der Waals surface area (Å²) in [6.07, 6.45) is 3.76. The van der Waals surface area contributed by atoms with Crippen molar-refractivity contribution in [2.24, 2.45) is 0 Å². The van der Waals surface area contributed by atoms with Gasteiger partial charge in [0.25, 0.3) is 0 Å². The van der Waals surface area contributed by atoms with Crippen LogP contribution < -0.4 is 5.32 Å². The minimum Gasteiger partial charge on any atom is -0.490 e. The Kier molecular flexibility index (Phi) is 3.96. The van der Waals surface area contributed by atoms with Gasteiger partial charge in [0.1, 0.15) is 0 Å². The third-order valence-electron chi connectivity index (χ3n) is 2.20. The van der Waals surface area contributed by atoms with Crippen LogP contribution in [-0.4, -0.2) is 25.0 Å². The van der Waals surface area contributed by atoms with Crippen molar-refractivity contribution in [1.82, 2.24) is 5.32 Å². The maximum Gasteiger partial charge on any atom is 0.210 e. The number of hydrogen-bond donors (Lipinski definition) is 1. The maximum absolute atomic E-state index is 11.4. The van der Waals surface area contributed by atoms with Crippen LogP contribution in [0.5, 0.6) is 0 Å². The maximum atomic E-state index is 11.4. The molecule has 0 amide bonds. The van der Waals surface area contributed by atoms with Gasteiger partial charge in [0, 0.05) is 12.5 Å². The molecule has 1 heterocycles. The minimum atomic E-state index is 0.0674. The van der Waals surface area contributed by atoms with Crippen molar-refractivity contribution in [2.75, 3.05) is 13.2 Å². The Morgan fingerprint density at radius 1 is 1.77 bits per heavy atom. The van der Waals surface area contributed by atoms with Gasteiger partial charge in [-0.05, 0) is 19.4 Å². The minimum absolute atomic E-state index is 0.0674. The fourth-order valence-corrected chi connectivity index (χ4v) is 1.11. The van der Waals surface area contributed by atoms with Crippen molar-refractivity contribution in [1.29, 1.82) is 0 Å². The molecule has 0 bridgehead atoms. The highest BCUT2D eigenvalue weighted by atomic mass is 16.5. The first-order valence-corrected chi connectivity index (χ1v) is 4.83. The van der Waals surface area contributed by atoms with E-state index in [-0.39, 0.29) is 5.78 Å². The molecular formula is C10H17NO2. The van der Waals surface area contributed by atoms with Crippen molar-refractivity contribution in [3.63, 3.8) is 0 Å². The van der Waals surface area contributed by atoms with E-state index in [1.165, 1.54) is 0 Å². The highest BCUT2D eigenvalue weighted by molar-refractivity contribution is 5.95. The smallest absolute Gasteiger partial charge is 0.210 e. The number of nitrogens with one attached hydrogen (secondary N) is 1. The van der Waals surface area contributed by atoms with Gasteiger partial charge in [-0.1, -0.05) is 6.92 Å². The van der Waals surface area contributed by atoms with E-state index in [1.807, 2.05) is 6.08 Å². The molecular weight excluding hydrogens is 166 g/mol. The Bertz CT molecular complexity index is 211. The summed E-state index contributed by atoms with van der Waals surface area (Å²) in [6, 6.07) is 0.394. The zero-order valence-corrected chi connectivity index (χ0v) is 8.30. The molecule has 1 atom stereocenters. The van der Waals surface area contributed by atoms with Crippen LogP contribution in [0.4, 0.5) is 0 Å². The summed E-state index contributed by atoms with van der Waals surface area (Å²) >= 11 is 0. The average molecular weight is 183 g/mol. The molecule has 0 aliphatic carbocycles. The molecule has 3 heteroatoms. The molecule has 1 N–H and O–H groups in total. The molecule has 0 aromatic heterocycles. The first-order valence-electron chi connectivity index (χ1n) is 4.83. The van der Waals surface area contributed by atoms with Crippen LogP contribution in [0.25, 0.3) is 0 Å². The van der Waals surface area contributed by atoms with Crippen molar-refractivity contribution in [2.45, 2.75) is 32.7 Å². The normalized spacial score (nSPS) is 17.8. The summed E-state index contributed by atoms with van der Waals surface area (Å²) in [5, 5.41) is 3.14. The van der Waals surface area contributed by atoms with Crippen molar-refractivity contribution in [3.05, 3.63) is 11.8 Å². The second-order valence-electron chi connectivity index (χ2n) is 3.32. The molecule has 13 heavy (non-hydrogen) atoms. The fraction of sp³-hybridized carbons (Fsp3) is 0.700. The zero-order chi connectivity index (χ0) is 9.68. The topological polar surface area (TPSA) is 38.3 Å². The standard InChI is InChI=1S/C10H17NO2/c1-3-8(2)11-7-9(12)10-5-4-6-13-10/h5,8,11H,3-4,6-7H2,1-2H3. The van der Waals surface area contributed by atoms with Gasteiger partial charge in [0.05, 0.1) is 13.2 Å². The summed E-state index contributed by atoms with van der Waals surface area (Å²) in [5.74, 6) is 0.605. The van der Waals surface area contributed by atoms with E-state index < -0.39 is 0 Å². The summed E-state index contributed by atoms with van der Waals surface area (Å²) in [6.45, 7) is 5.20. The monoisotopic (exact) mass is 183 g/mol. The van der Waals surface area contributed by atoms with Gasteiger partial charge in [0.2, 0.25) is 5.78 Å². The SMILES string of the molecule is CCC(C)NCC(=O)C1=CCCO1. The van der Waals surface area contributed by atoms with Crippen LogP contribution in [0.3, 0.4) is 0 Å². The molecule has 3 nitrogen and oxygen atoms in total. The van der Waals surface area contributed by atoms with Crippen LogP contribution >= 0.6 is 0 Å². The highest BCUT2D eigenvalue weighted by Gasteiger charge is 2.14. The molecule has 0 aromatic carbocycles. The molecule has 0 fully saturated rings. The number of ether oxygens (including phenoxy) is 1. The van der Waals surface area contributed by atoms with Gasteiger partial charge in [-0.25, -0.2) is 0 Å². The molecule has 0 spiro atoms. The van der Waals surface area contributed by atoms with E-state index in [1.54, 1.807) is 0 Å². The second kappa shape index (κ2) is 5.02.